The predicted molar refractivity (Wildman–Crippen MR) is 104 cm³/mol. The third-order valence-corrected chi connectivity index (χ3v) is 5.42. The van der Waals surface area contributed by atoms with Crippen LogP contribution in [0.3, 0.4) is 0 Å². The topological polar surface area (TPSA) is 73.9 Å². The zero-order valence-electron chi connectivity index (χ0n) is 15.2. The minimum absolute atomic E-state index is 0.0955. The minimum atomic E-state index is -0.0955. The van der Waals surface area contributed by atoms with E-state index in [2.05, 4.69) is 37.5 Å². The number of rotatable bonds is 5. The van der Waals surface area contributed by atoms with Crippen LogP contribution in [-0.2, 0) is 6.54 Å². The molecule has 6 heteroatoms. The van der Waals surface area contributed by atoms with Crippen molar-refractivity contribution in [3.63, 3.8) is 0 Å². The van der Waals surface area contributed by atoms with Crippen LogP contribution < -0.4 is 5.32 Å². The molecular weight excluding hydrogens is 338 g/mol. The van der Waals surface area contributed by atoms with E-state index in [1.807, 2.05) is 24.5 Å². The average Bonchev–Trinajstić information content (AvgIpc) is 3.18. The fraction of sp³-hybridized carbons (Fsp3) is 0.381. The number of aromatic amines is 1. The van der Waals surface area contributed by atoms with Crippen molar-refractivity contribution < 1.29 is 4.79 Å². The second kappa shape index (κ2) is 6.78. The van der Waals surface area contributed by atoms with Gasteiger partial charge in [-0.15, -0.1) is 0 Å². The largest absolute Gasteiger partial charge is 0.348 e. The summed E-state index contributed by atoms with van der Waals surface area (Å²) in [7, 11) is 0. The molecule has 1 saturated heterocycles. The van der Waals surface area contributed by atoms with Crippen molar-refractivity contribution in [1.29, 1.82) is 0 Å². The molecule has 27 heavy (non-hydrogen) atoms. The van der Waals surface area contributed by atoms with Crippen LogP contribution in [0.25, 0.3) is 22.0 Å². The Balaban J connectivity index is 1.44. The molecule has 0 unspecified atom stereocenters. The van der Waals surface area contributed by atoms with Crippen molar-refractivity contribution >= 4 is 16.8 Å². The Hall–Kier alpha value is -2.73. The Morgan fingerprint density at radius 1 is 1.15 bits per heavy atom. The summed E-state index contributed by atoms with van der Waals surface area (Å²) >= 11 is 0. The molecule has 0 atom stereocenters. The number of amides is 1. The molecule has 1 aliphatic heterocycles. The SMILES string of the molecule is O=C(NC1CC1)c1n[nH]c2ccc(-c3cncc(CN4CCCC4)c3)cc12. The van der Waals surface area contributed by atoms with Crippen LogP contribution in [0.1, 0.15) is 41.7 Å². The fourth-order valence-electron chi connectivity index (χ4n) is 3.78. The van der Waals surface area contributed by atoms with Gasteiger partial charge in [-0.05, 0) is 68.1 Å². The monoisotopic (exact) mass is 361 g/mol. The molecule has 2 aromatic heterocycles. The Kier molecular flexibility index (Phi) is 4.13. The van der Waals surface area contributed by atoms with Crippen LogP contribution in [0, 0.1) is 0 Å². The molecule has 6 nitrogen and oxygen atoms in total. The highest BCUT2D eigenvalue weighted by Crippen LogP contribution is 2.27. The fourth-order valence-corrected chi connectivity index (χ4v) is 3.78. The van der Waals surface area contributed by atoms with Gasteiger partial charge < -0.3 is 5.32 Å². The lowest BCUT2D eigenvalue weighted by molar-refractivity contribution is 0.0947. The number of benzene rings is 1. The first-order chi connectivity index (χ1) is 13.3. The summed E-state index contributed by atoms with van der Waals surface area (Å²) in [5, 5.41) is 11.1. The van der Waals surface area contributed by atoms with E-state index in [1.54, 1.807) is 0 Å². The molecule has 1 saturated carbocycles. The summed E-state index contributed by atoms with van der Waals surface area (Å²) in [6.45, 7) is 3.29. The van der Waals surface area contributed by atoms with E-state index in [9.17, 15) is 4.79 Å². The Morgan fingerprint density at radius 2 is 2.00 bits per heavy atom. The zero-order valence-corrected chi connectivity index (χ0v) is 15.2. The normalized spacial score (nSPS) is 17.5. The van der Waals surface area contributed by atoms with Crippen molar-refractivity contribution in [2.45, 2.75) is 38.3 Å². The van der Waals surface area contributed by atoms with E-state index in [1.165, 1.54) is 31.5 Å². The lowest BCUT2D eigenvalue weighted by Gasteiger charge is -2.14. The summed E-state index contributed by atoms with van der Waals surface area (Å²) in [4.78, 5) is 19.4. The number of pyridine rings is 1. The van der Waals surface area contributed by atoms with E-state index in [4.69, 9.17) is 0 Å². The number of nitrogens with zero attached hydrogens (tertiary/aromatic N) is 3. The van der Waals surface area contributed by atoms with E-state index in [-0.39, 0.29) is 5.91 Å². The Labute approximate surface area is 158 Å². The number of fused-ring (bicyclic) bond motifs is 1. The molecule has 138 valence electrons. The van der Waals surface area contributed by atoms with Gasteiger partial charge in [0.2, 0.25) is 0 Å². The van der Waals surface area contributed by atoms with Gasteiger partial charge in [-0.25, -0.2) is 0 Å². The first kappa shape index (κ1) is 16.4. The first-order valence-electron chi connectivity index (χ1n) is 9.72. The highest BCUT2D eigenvalue weighted by Gasteiger charge is 2.25. The van der Waals surface area contributed by atoms with Crippen LogP contribution in [0.4, 0.5) is 0 Å². The number of nitrogens with one attached hydrogen (secondary N) is 2. The maximum atomic E-state index is 12.5. The highest BCUT2D eigenvalue weighted by atomic mass is 16.2. The van der Waals surface area contributed by atoms with Gasteiger partial charge in [0, 0.05) is 35.9 Å². The van der Waals surface area contributed by atoms with Gasteiger partial charge in [0.15, 0.2) is 5.69 Å². The second-order valence-electron chi connectivity index (χ2n) is 7.65. The van der Waals surface area contributed by atoms with Crippen LogP contribution in [0.15, 0.2) is 36.7 Å². The van der Waals surface area contributed by atoms with E-state index in [0.717, 1.165) is 41.4 Å². The molecule has 1 aliphatic carbocycles. The van der Waals surface area contributed by atoms with Gasteiger partial charge >= 0.3 is 0 Å². The molecule has 1 aromatic carbocycles. The number of carbonyl (C=O) groups excluding carboxylic acids is 1. The Bertz CT molecular complexity index is 985. The molecule has 2 fully saturated rings. The predicted octanol–water partition coefficient (Wildman–Crippen LogP) is 3.11. The molecular formula is C21H23N5O. The number of H-pyrrole nitrogens is 1. The summed E-state index contributed by atoms with van der Waals surface area (Å²) in [6.07, 6.45) is 8.54. The van der Waals surface area contributed by atoms with Crippen molar-refractivity contribution in [3.05, 3.63) is 47.9 Å². The number of carbonyl (C=O) groups is 1. The average molecular weight is 361 g/mol. The smallest absolute Gasteiger partial charge is 0.272 e. The third kappa shape index (κ3) is 3.45. The van der Waals surface area contributed by atoms with Gasteiger partial charge in [-0.3, -0.25) is 19.8 Å². The lowest BCUT2D eigenvalue weighted by atomic mass is 10.0. The summed E-state index contributed by atoms with van der Waals surface area (Å²) < 4.78 is 0. The van der Waals surface area contributed by atoms with E-state index in [0.29, 0.717) is 11.7 Å². The lowest BCUT2D eigenvalue weighted by Crippen LogP contribution is -2.25. The molecule has 0 spiro atoms. The van der Waals surface area contributed by atoms with Crippen LogP contribution in [-0.4, -0.2) is 45.1 Å². The van der Waals surface area contributed by atoms with Crippen molar-refractivity contribution in [2.75, 3.05) is 13.1 Å². The molecule has 1 amide bonds. The number of hydrogen-bond donors (Lipinski definition) is 2. The maximum absolute atomic E-state index is 12.5. The number of hydrogen-bond acceptors (Lipinski definition) is 4. The first-order valence-corrected chi connectivity index (χ1v) is 9.72. The highest BCUT2D eigenvalue weighted by molar-refractivity contribution is 6.05. The Morgan fingerprint density at radius 3 is 2.81 bits per heavy atom. The van der Waals surface area contributed by atoms with Crippen LogP contribution in [0.5, 0.6) is 0 Å². The molecule has 2 N–H and O–H groups in total. The van der Waals surface area contributed by atoms with Gasteiger partial charge in [-0.2, -0.15) is 5.10 Å². The molecule has 3 aromatic rings. The van der Waals surface area contributed by atoms with Gasteiger partial charge in [-0.1, -0.05) is 6.07 Å². The number of aromatic nitrogens is 3. The second-order valence-corrected chi connectivity index (χ2v) is 7.65. The van der Waals surface area contributed by atoms with E-state index >= 15 is 0 Å². The molecule has 2 aliphatic rings. The van der Waals surface area contributed by atoms with Crippen LogP contribution in [0.2, 0.25) is 0 Å². The maximum Gasteiger partial charge on any atom is 0.272 e. The molecule has 5 rings (SSSR count). The minimum Gasteiger partial charge on any atom is -0.348 e. The summed E-state index contributed by atoms with van der Waals surface area (Å²) in [5.41, 5.74) is 4.71. The van der Waals surface area contributed by atoms with Crippen molar-refractivity contribution in [3.8, 4) is 11.1 Å². The van der Waals surface area contributed by atoms with Gasteiger partial charge in [0.05, 0.1) is 5.52 Å². The quantitative estimate of drug-likeness (QED) is 0.732. The molecule has 0 bridgehead atoms. The van der Waals surface area contributed by atoms with Crippen LogP contribution >= 0.6 is 0 Å². The molecule has 0 radical (unpaired) electrons. The number of likely N-dealkylation sites (tertiary alicyclic amines) is 1. The zero-order chi connectivity index (χ0) is 18.2. The van der Waals surface area contributed by atoms with Gasteiger partial charge in [0.25, 0.3) is 5.91 Å². The summed E-state index contributed by atoms with van der Waals surface area (Å²) in [6, 6.07) is 8.60. The third-order valence-electron chi connectivity index (χ3n) is 5.42. The van der Waals surface area contributed by atoms with Crippen molar-refractivity contribution in [1.82, 2.24) is 25.4 Å². The summed E-state index contributed by atoms with van der Waals surface area (Å²) in [5.74, 6) is -0.0955. The van der Waals surface area contributed by atoms with Crippen molar-refractivity contribution in [2.24, 2.45) is 0 Å². The van der Waals surface area contributed by atoms with Gasteiger partial charge in [0.1, 0.15) is 0 Å². The molecule has 3 heterocycles. The van der Waals surface area contributed by atoms with E-state index < -0.39 is 0 Å². The standard InChI is InChI=1S/C21H23N5O/c27-21(23-17-4-5-17)20-18-10-15(3-6-19(18)24-25-20)16-9-14(11-22-12-16)13-26-7-1-2-8-26/h3,6,9-12,17H,1-2,4-5,7-8,13H2,(H,23,27)(H,24,25).